The number of hydrogen-bond donors (Lipinski definition) is 2. The Morgan fingerprint density at radius 1 is 1.55 bits per heavy atom. The van der Waals surface area contributed by atoms with E-state index in [1.54, 1.807) is 19.6 Å². The average Bonchev–Trinajstić information content (AvgIpc) is 3.08. The van der Waals surface area contributed by atoms with Crippen LogP contribution in [0.2, 0.25) is 0 Å². The predicted octanol–water partition coefficient (Wildman–Crippen LogP) is 1.09. The molecule has 2 rings (SSSR count). The summed E-state index contributed by atoms with van der Waals surface area (Å²) >= 11 is 0. The van der Waals surface area contributed by atoms with Gasteiger partial charge in [0.2, 0.25) is 0 Å². The van der Waals surface area contributed by atoms with Gasteiger partial charge in [-0.05, 0) is 18.6 Å². The molecule has 0 aliphatic carbocycles. The smallest absolute Gasteiger partial charge is 0.133 e. The zero-order valence-electron chi connectivity index (χ0n) is 11.8. The van der Waals surface area contributed by atoms with Crippen molar-refractivity contribution in [3.05, 3.63) is 42.4 Å². The third kappa shape index (κ3) is 3.47. The van der Waals surface area contributed by atoms with Crippen LogP contribution in [0.3, 0.4) is 0 Å². The SMILES string of the molecule is COCC(CCO)NC(c1ccco1)c1nccn1C. The second kappa shape index (κ2) is 7.23. The molecular weight excluding hydrogens is 258 g/mol. The molecule has 6 heteroatoms. The van der Waals surface area contributed by atoms with Crippen LogP contribution < -0.4 is 5.32 Å². The normalized spacial score (nSPS) is 14.3. The monoisotopic (exact) mass is 279 g/mol. The van der Waals surface area contributed by atoms with Gasteiger partial charge in [0.15, 0.2) is 0 Å². The Labute approximate surface area is 118 Å². The fourth-order valence-electron chi connectivity index (χ4n) is 2.20. The van der Waals surface area contributed by atoms with E-state index < -0.39 is 0 Å². The summed E-state index contributed by atoms with van der Waals surface area (Å²) in [4.78, 5) is 4.38. The minimum atomic E-state index is -0.170. The molecule has 0 aromatic carbocycles. The molecule has 0 amide bonds. The number of nitrogens with one attached hydrogen (secondary N) is 1. The number of hydrogen-bond acceptors (Lipinski definition) is 5. The number of aliphatic hydroxyl groups is 1. The Kier molecular flexibility index (Phi) is 5.34. The summed E-state index contributed by atoms with van der Waals surface area (Å²) in [5, 5.41) is 12.6. The molecule has 110 valence electrons. The number of imidazole rings is 1. The minimum absolute atomic E-state index is 0.0248. The van der Waals surface area contributed by atoms with Gasteiger partial charge in [0, 0.05) is 39.2 Å². The predicted molar refractivity (Wildman–Crippen MR) is 74.3 cm³/mol. The van der Waals surface area contributed by atoms with E-state index in [1.807, 2.05) is 29.9 Å². The van der Waals surface area contributed by atoms with Gasteiger partial charge in [-0.15, -0.1) is 0 Å². The lowest BCUT2D eigenvalue weighted by molar-refractivity contribution is 0.142. The van der Waals surface area contributed by atoms with Gasteiger partial charge in [0.1, 0.15) is 17.6 Å². The Hall–Kier alpha value is -1.63. The molecule has 2 atom stereocenters. The largest absolute Gasteiger partial charge is 0.467 e. The van der Waals surface area contributed by atoms with Gasteiger partial charge >= 0.3 is 0 Å². The first-order chi connectivity index (χ1) is 9.76. The van der Waals surface area contributed by atoms with Crippen molar-refractivity contribution in [3.63, 3.8) is 0 Å². The van der Waals surface area contributed by atoms with Crippen LogP contribution in [-0.4, -0.2) is 41.0 Å². The second-order valence-electron chi connectivity index (χ2n) is 4.68. The van der Waals surface area contributed by atoms with Crippen molar-refractivity contribution in [1.29, 1.82) is 0 Å². The summed E-state index contributed by atoms with van der Waals surface area (Å²) in [6.07, 6.45) is 5.90. The van der Waals surface area contributed by atoms with Crippen LogP contribution in [0.1, 0.15) is 24.0 Å². The second-order valence-corrected chi connectivity index (χ2v) is 4.68. The standard InChI is InChI=1S/C14H21N3O3/c1-17-7-6-15-14(17)13(12-4-3-9-20-12)16-11(5-8-18)10-19-2/h3-4,6-7,9,11,13,16,18H,5,8,10H2,1-2H3. The molecule has 0 radical (unpaired) electrons. The van der Waals surface area contributed by atoms with E-state index >= 15 is 0 Å². The van der Waals surface area contributed by atoms with E-state index in [2.05, 4.69) is 10.3 Å². The van der Waals surface area contributed by atoms with E-state index in [0.29, 0.717) is 13.0 Å². The van der Waals surface area contributed by atoms with Gasteiger partial charge in [0.25, 0.3) is 0 Å². The van der Waals surface area contributed by atoms with Crippen LogP contribution >= 0.6 is 0 Å². The van der Waals surface area contributed by atoms with Crippen LogP contribution in [0.5, 0.6) is 0 Å². The van der Waals surface area contributed by atoms with Crippen molar-refractivity contribution in [2.45, 2.75) is 18.5 Å². The van der Waals surface area contributed by atoms with E-state index in [0.717, 1.165) is 11.6 Å². The van der Waals surface area contributed by atoms with Crippen LogP contribution in [0, 0.1) is 0 Å². The molecule has 6 nitrogen and oxygen atoms in total. The van der Waals surface area contributed by atoms with Crippen molar-refractivity contribution in [1.82, 2.24) is 14.9 Å². The molecule has 20 heavy (non-hydrogen) atoms. The molecule has 0 saturated heterocycles. The summed E-state index contributed by atoms with van der Waals surface area (Å²) in [6.45, 7) is 0.620. The maximum Gasteiger partial charge on any atom is 0.133 e. The fraction of sp³-hybridized carbons (Fsp3) is 0.500. The zero-order valence-corrected chi connectivity index (χ0v) is 11.8. The molecule has 2 unspecified atom stereocenters. The topological polar surface area (TPSA) is 72.5 Å². The number of methoxy groups -OCH3 is 1. The molecule has 2 aromatic rings. The Morgan fingerprint density at radius 3 is 2.95 bits per heavy atom. The lowest BCUT2D eigenvalue weighted by atomic mass is 10.1. The first kappa shape index (κ1) is 14.8. The fourth-order valence-corrected chi connectivity index (χ4v) is 2.20. The number of aromatic nitrogens is 2. The van der Waals surface area contributed by atoms with Crippen molar-refractivity contribution < 1.29 is 14.3 Å². The molecule has 0 saturated carbocycles. The van der Waals surface area contributed by atoms with E-state index in [9.17, 15) is 0 Å². The Bertz CT molecular complexity index is 489. The molecular formula is C14H21N3O3. The highest BCUT2D eigenvalue weighted by Gasteiger charge is 2.24. The molecule has 2 aromatic heterocycles. The molecule has 0 fully saturated rings. The summed E-state index contributed by atoms with van der Waals surface area (Å²) < 4.78 is 12.7. The van der Waals surface area contributed by atoms with E-state index in [-0.39, 0.29) is 18.7 Å². The van der Waals surface area contributed by atoms with Crippen molar-refractivity contribution >= 4 is 0 Å². The highest BCUT2D eigenvalue weighted by molar-refractivity contribution is 5.16. The van der Waals surface area contributed by atoms with Gasteiger partial charge in [-0.3, -0.25) is 5.32 Å². The highest BCUT2D eigenvalue weighted by atomic mass is 16.5. The first-order valence-electron chi connectivity index (χ1n) is 6.62. The molecule has 0 aliphatic rings. The highest BCUT2D eigenvalue weighted by Crippen LogP contribution is 2.21. The van der Waals surface area contributed by atoms with Gasteiger partial charge in [-0.1, -0.05) is 0 Å². The van der Waals surface area contributed by atoms with Crippen molar-refractivity contribution in [3.8, 4) is 0 Å². The van der Waals surface area contributed by atoms with Crippen LogP contribution in [-0.2, 0) is 11.8 Å². The lowest BCUT2D eigenvalue weighted by Gasteiger charge is -2.23. The quantitative estimate of drug-likeness (QED) is 0.757. The van der Waals surface area contributed by atoms with Gasteiger partial charge < -0.3 is 18.8 Å². The maximum absolute atomic E-state index is 9.15. The summed E-state index contributed by atoms with van der Waals surface area (Å²) in [5.74, 6) is 1.65. The maximum atomic E-state index is 9.15. The molecule has 2 heterocycles. The van der Waals surface area contributed by atoms with Crippen LogP contribution in [0.15, 0.2) is 35.2 Å². The number of rotatable bonds is 8. The van der Waals surface area contributed by atoms with E-state index in [1.165, 1.54) is 0 Å². The number of ether oxygens (including phenoxy) is 1. The third-order valence-corrected chi connectivity index (χ3v) is 3.19. The number of aliphatic hydroxyl groups excluding tert-OH is 1. The zero-order chi connectivity index (χ0) is 14.4. The van der Waals surface area contributed by atoms with Gasteiger partial charge in [-0.2, -0.15) is 0 Å². The average molecular weight is 279 g/mol. The summed E-state index contributed by atoms with van der Waals surface area (Å²) in [5.41, 5.74) is 0. The van der Waals surface area contributed by atoms with Gasteiger partial charge in [0.05, 0.1) is 12.9 Å². The van der Waals surface area contributed by atoms with Crippen molar-refractivity contribution in [2.24, 2.45) is 7.05 Å². The Balaban J connectivity index is 2.21. The van der Waals surface area contributed by atoms with Crippen LogP contribution in [0.25, 0.3) is 0 Å². The third-order valence-electron chi connectivity index (χ3n) is 3.19. The lowest BCUT2D eigenvalue weighted by Crippen LogP contribution is -2.38. The summed E-state index contributed by atoms with van der Waals surface area (Å²) in [6, 6.07) is 3.62. The molecule has 0 aliphatic heterocycles. The van der Waals surface area contributed by atoms with Gasteiger partial charge in [-0.25, -0.2) is 4.98 Å². The Morgan fingerprint density at radius 2 is 2.40 bits per heavy atom. The first-order valence-corrected chi connectivity index (χ1v) is 6.62. The van der Waals surface area contributed by atoms with E-state index in [4.69, 9.17) is 14.3 Å². The summed E-state index contributed by atoms with van der Waals surface area (Å²) in [7, 11) is 3.59. The molecule has 0 bridgehead atoms. The minimum Gasteiger partial charge on any atom is -0.467 e. The number of furan rings is 1. The van der Waals surface area contributed by atoms with Crippen LogP contribution in [0.4, 0.5) is 0 Å². The van der Waals surface area contributed by atoms with Crippen molar-refractivity contribution in [2.75, 3.05) is 20.3 Å². The molecule has 0 spiro atoms. The molecule has 2 N–H and O–H groups in total. The number of nitrogens with zero attached hydrogens (tertiary/aromatic N) is 2. The number of aryl methyl sites for hydroxylation is 1.